The van der Waals surface area contributed by atoms with Crippen molar-refractivity contribution in [3.05, 3.63) is 65.5 Å². The molecule has 2 aromatic heterocycles. The maximum atomic E-state index is 12.5. The van der Waals surface area contributed by atoms with Gasteiger partial charge in [0.2, 0.25) is 5.88 Å². The maximum absolute atomic E-state index is 12.5. The molecule has 0 aliphatic heterocycles. The number of thioether (sulfide) groups is 1. The van der Waals surface area contributed by atoms with E-state index in [9.17, 15) is 9.90 Å². The summed E-state index contributed by atoms with van der Waals surface area (Å²) in [5.41, 5.74) is 3.61. The first-order valence-electron chi connectivity index (χ1n) is 9.78. The van der Waals surface area contributed by atoms with Crippen LogP contribution in [0.15, 0.2) is 64.2 Å². The normalized spacial score (nSPS) is 11.7. The third-order valence-corrected chi connectivity index (χ3v) is 6.03. The number of benzene rings is 2. The number of carbonyl (C=O) groups excluding carboxylic acids is 1. The van der Waals surface area contributed by atoms with Crippen LogP contribution in [0.3, 0.4) is 0 Å². The molecule has 8 nitrogen and oxygen atoms in total. The van der Waals surface area contributed by atoms with Gasteiger partial charge in [0.1, 0.15) is 6.33 Å². The second-order valence-electron chi connectivity index (χ2n) is 7.50. The molecule has 2 heterocycles. The van der Waals surface area contributed by atoms with Crippen LogP contribution in [0, 0.1) is 0 Å². The molecule has 2 aromatic carbocycles. The summed E-state index contributed by atoms with van der Waals surface area (Å²) < 4.78 is 1.85. The summed E-state index contributed by atoms with van der Waals surface area (Å²) in [5.74, 6) is 0.465. The number of hydrogen-bond donors (Lipinski definition) is 2. The lowest BCUT2D eigenvalue weighted by molar-refractivity contribution is 0.0995. The number of nitrogens with zero attached hydrogens (tertiary/aromatic N) is 5. The van der Waals surface area contributed by atoms with Gasteiger partial charge in [0.05, 0.1) is 5.52 Å². The fraction of sp³-hybridized carbons (Fsp3) is 0.227. The van der Waals surface area contributed by atoms with Gasteiger partial charge in [-0.15, -0.1) is 20.4 Å². The molecule has 1 amide bonds. The lowest BCUT2D eigenvalue weighted by atomic mass is 10.0. The van der Waals surface area contributed by atoms with Crippen molar-refractivity contribution in [2.45, 2.75) is 30.7 Å². The highest BCUT2D eigenvalue weighted by molar-refractivity contribution is 7.98. The molecular formula is C22H22N6O2S. The highest BCUT2D eigenvalue weighted by atomic mass is 32.2. The van der Waals surface area contributed by atoms with Crippen molar-refractivity contribution in [3.8, 4) is 5.88 Å². The first kappa shape index (κ1) is 20.8. The van der Waals surface area contributed by atoms with Crippen molar-refractivity contribution in [1.82, 2.24) is 19.7 Å². The molecule has 31 heavy (non-hydrogen) atoms. The molecule has 0 saturated heterocycles. The van der Waals surface area contributed by atoms with Gasteiger partial charge in [-0.3, -0.25) is 4.79 Å². The van der Waals surface area contributed by atoms with Gasteiger partial charge >= 0.3 is 0 Å². The fourth-order valence-corrected chi connectivity index (χ4v) is 3.93. The Morgan fingerprint density at radius 2 is 2.00 bits per heavy atom. The number of azo groups is 1. The molecule has 4 aromatic rings. The number of rotatable bonds is 6. The van der Waals surface area contributed by atoms with Crippen LogP contribution in [0.25, 0.3) is 10.9 Å². The number of amides is 1. The first-order chi connectivity index (χ1) is 14.9. The quantitative estimate of drug-likeness (QED) is 0.314. The van der Waals surface area contributed by atoms with Crippen molar-refractivity contribution in [2.75, 3.05) is 0 Å². The third-order valence-electron chi connectivity index (χ3n) is 4.92. The Kier molecular flexibility index (Phi) is 5.85. The Balaban J connectivity index is 1.48. The van der Waals surface area contributed by atoms with E-state index in [-0.39, 0.29) is 11.6 Å². The van der Waals surface area contributed by atoms with E-state index >= 15 is 0 Å². The minimum absolute atomic E-state index is 0.108. The van der Waals surface area contributed by atoms with E-state index in [0.717, 1.165) is 27.2 Å². The summed E-state index contributed by atoms with van der Waals surface area (Å²) in [6.45, 7) is 4.18. The largest absolute Gasteiger partial charge is 0.493 e. The van der Waals surface area contributed by atoms with Crippen molar-refractivity contribution < 1.29 is 9.90 Å². The van der Waals surface area contributed by atoms with Crippen molar-refractivity contribution >= 4 is 34.3 Å². The van der Waals surface area contributed by atoms with Crippen molar-refractivity contribution in [2.24, 2.45) is 17.3 Å². The molecule has 4 rings (SSSR count). The van der Waals surface area contributed by atoms with E-state index in [0.29, 0.717) is 17.2 Å². The Morgan fingerprint density at radius 1 is 1.23 bits per heavy atom. The molecule has 2 N–H and O–H groups in total. The summed E-state index contributed by atoms with van der Waals surface area (Å²) in [7, 11) is 1.89. The summed E-state index contributed by atoms with van der Waals surface area (Å²) in [6.07, 6.45) is 1.66. The molecule has 158 valence electrons. The van der Waals surface area contributed by atoms with Gasteiger partial charge in [-0.25, -0.2) is 0 Å². The average molecular weight is 435 g/mol. The van der Waals surface area contributed by atoms with E-state index in [1.165, 1.54) is 0 Å². The van der Waals surface area contributed by atoms with Gasteiger partial charge in [-0.05, 0) is 41.3 Å². The fourth-order valence-electron chi connectivity index (χ4n) is 3.09. The van der Waals surface area contributed by atoms with Crippen LogP contribution < -0.4 is 0 Å². The molecule has 0 aliphatic rings. The van der Waals surface area contributed by atoms with Crippen LogP contribution >= 0.6 is 11.8 Å². The van der Waals surface area contributed by atoms with Crippen LogP contribution in [0.4, 0.5) is 5.69 Å². The smallest absolute Gasteiger partial charge is 0.295 e. The summed E-state index contributed by atoms with van der Waals surface area (Å²) in [5, 5.41) is 27.5. The number of nitrogens with one attached hydrogen (secondary N) is 1. The number of aromatic nitrogens is 4. The Morgan fingerprint density at radius 3 is 2.68 bits per heavy atom. The average Bonchev–Trinajstić information content (AvgIpc) is 3.31. The standard InChI is InChI=1S/C22H22N6O2S/c1-13(2)16-8-9-18-17(10-16)19(21(30)24-18)25-26-20(29)15-6-4-14(5-7-15)11-31-22-27-23-12-28(22)3/h4-10,12-13,24,30H,11H2,1-3H3. The van der Waals surface area contributed by atoms with Crippen molar-refractivity contribution in [1.29, 1.82) is 0 Å². The minimum atomic E-state index is -0.471. The Labute approximate surface area is 183 Å². The monoisotopic (exact) mass is 434 g/mol. The predicted octanol–water partition coefficient (Wildman–Crippen LogP) is 5.34. The lowest BCUT2D eigenvalue weighted by Gasteiger charge is -2.04. The lowest BCUT2D eigenvalue weighted by Crippen LogP contribution is -1.94. The molecule has 0 spiro atoms. The highest BCUT2D eigenvalue weighted by Gasteiger charge is 2.13. The number of aromatic hydroxyl groups is 1. The Hall–Kier alpha value is -3.46. The number of aromatic amines is 1. The number of carbonyl (C=O) groups is 1. The van der Waals surface area contributed by atoms with Crippen LogP contribution in [0.5, 0.6) is 5.88 Å². The highest BCUT2D eigenvalue weighted by Crippen LogP contribution is 2.37. The second kappa shape index (κ2) is 8.73. The van der Waals surface area contributed by atoms with Gasteiger partial charge < -0.3 is 14.7 Å². The van der Waals surface area contributed by atoms with E-state index in [1.54, 1.807) is 30.2 Å². The van der Waals surface area contributed by atoms with Crippen LogP contribution in [0.1, 0.15) is 41.3 Å². The van der Waals surface area contributed by atoms with Gasteiger partial charge in [0.25, 0.3) is 5.91 Å². The zero-order valence-corrected chi connectivity index (χ0v) is 18.2. The van der Waals surface area contributed by atoms with Gasteiger partial charge in [0.15, 0.2) is 10.8 Å². The predicted molar refractivity (Wildman–Crippen MR) is 120 cm³/mol. The molecule has 0 radical (unpaired) electrons. The summed E-state index contributed by atoms with van der Waals surface area (Å²) in [6, 6.07) is 13.1. The number of aryl methyl sites for hydroxylation is 1. The van der Waals surface area contributed by atoms with Crippen LogP contribution in [-0.2, 0) is 12.8 Å². The molecule has 9 heteroatoms. The minimum Gasteiger partial charge on any atom is -0.493 e. The topological polar surface area (TPSA) is 109 Å². The summed E-state index contributed by atoms with van der Waals surface area (Å²) in [4.78, 5) is 15.4. The number of hydrogen-bond acceptors (Lipinski definition) is 6. The molecule has 0 bridgehead atoms. The maximum Gasteiger partial charge on any atom is 0.295 e. The van der Waals surface area contributed by atoms with E-state index in [2.05, 4.69) is 39.3 Å². The van der Waals surface area contributed by atoms with E-state index < -0.39 is 5.91 Å². The SMILES string of the molecule is CC(C)c1ccc2[nH]c(O)c(N=NC(=O)c3ccc(CSc4nncn4C)cc3)c2c1. The second-order valence-corrected chi connectivity index (χ2v) is 8.44. The van der Waals surface area contributed by atoms with Gasteiger partial charge in [-0.1, -0.05) is 43.8 Å². The zero-order valence-electron chi connectivity index (χ0n) is 17.4. The van der Waals surface area contributed by atoms with Crippen LogP contribution in [-0.4, -0.2) is 30.8 Å². The van der Waals surface area contributed by atoms with Gasteiger partial charge in [0, 0.05) is 23.8 Å². The molecular weight excluding hydrogens is 412 g/mol. The van der Waals surface area contributed by atoms with Gasteiger partial charge in [-0.2, -0.15) is 0 Å². The van der Waals surface area contributed by atoms with E-state index in [4.69, 9.17) is 0 Å². The van der Waals surface area contributed by atoms with E-state index in [1.807, 2.05) is 41.9 Å². The number of H-pyrrole nitrogens is 1. The summed E-state index contributed by atoms with van der Waals surface area (Å²) >= 11 is 1.57. The molecule has 0 atom stereocenters. The van der Waals surface area contributed by atoms with Crippen molar-refractivity contribution in [3.63, 3.8) is 0 Å². The molecule has 0 saturated carbocycles. The molecule has 0 unspecified atom stereocenters. The zero-order chi connectivity index (χ0) is 22.0. The molecule has 0 aliphatic carbocycles. The first-order valence-corrected chi connectivity index (χ1v) is 10.8. The third kappa shape index (κ3) is 4.51. The van der Waals surface area contributed by atoms with Crippen LogP contribution in [0.2, 0.25) is 0 Å². The number of fused-ring (bicyclic) bond motifs is 1. The molecule has 0 fully saturated rings. The Bertz CT molecular complexity index is 1260.